The predicted molar refractivity (Wildman–Crippen MR) is 113 cm³/mol. The number of rotatable bonds is 7. The van der Waals surface area contributed by atoms with Crippen molar-refractivity contribution < 1.29 is 18.0 Å². The molecule has 3 rings (SSSR count). The maximum absolute atomic E-state index is 12.8. The fourth-order valence-corrected chi connectivity index (χ4v) is 5.21. The molecule has 1 atom stereocenters. The summed E-state index contributed by atoms with van der Waals surface area (Å²) in [5.74, 6) is -0.578. The predicted octanol–water partition coefficient (Wildman–Crippen LogP) is 1.71. The number of anilines is 1. The van der Waals surface area contributed by atoms with Gasteiger partial charge in [0.1, 0.15) is 6.04 Å². The molecule has 0 bridgehead atoms. The van der Waals surface area contributed by atoms with Crippen LogP contribution in [0, 0.1) is 0 Å². The normalized spacial score (nSPS) is 15.9. The monoisotopic (exact) mass is 430 g/mol. The third kappa shape index (κ3) is 4.22. The van der Waals surface area contributed by atoms with Gasteiger partial charge in [-0.25, -0.2) is 8.42 Å². The van der Waals surface area contributed by atoms with E-state index < -0.39 is 16.1 Å². The first-order chi connectivity index (χ1) is 14.3. The Morgan fingerprint density at radius 1 is 1.20 bits per heavy atom. The van der Waals surface area contributed by atoms with Gasteiger partial charge in [0.15, 0.2) is 0 Å². The van der Waals surface area contributed by atoms with Crippen molar-refractivity contribution in [3.05, 3.63) is 53.9 Å². The van der Waals surface area contributed by atoms with E-state index in [0.29, 0.717) is 30.0 Å². The average Bonchev–Trinajstić information content (AvgIpc) is 3.12. The zero-order valence-electron chi connectivity index (χ0n) is 17.3. The second-order valence-electron chi connectivity index (χ2n) is 7.03. The Balaban J connectivity index is 1.85. The highest BCUT2D eigenvalue weighted by atomic mass is 32.2. The first kappa shape index (κ1) is 21.9. The van der Waals surface area contributed by atoms with Crippen molar-refractivity contribution >= 4 is 27.5 Å². The van der Waals surface area contributed by atoms with Crippen LogP contribution in [0.3, 0.4) is 0 Å². The molecule has 0 aliphatic carbocycles. The number of nitrogens with one attached hydrogen (secondary N) is 1. The standard InChI is InChI=1S/C21H26N4O4S/c1-4-24(5-2)30(28,29)18-9-10-19-16(12-18)13-20(25(19)15(3)26)21(27)23-14-17-8-6-7-11-22-17/h6-12,20H,4-5,13-14H2,1-3H3,(H,23,27). The molecule has 9 heteroatoms. The van der Waals surface area contributed by atoms with Crippen molar-refractivity contribution in [3.8, 4) is 0 Å². The number of benzene rings is 1. The van der Waals surface area contributed by atoms with E-state index in [2.05, 4.69) is 10.3 Å². The molecule has 1 aliphatic rings. The van der Waals surface area contributed by atoms with Crippen molar-refractivity contribution in [2.45, 2.75) is 44.7 Å². The van der Waals surface area contributed by atoms with Crippen LogP contribution in [0.5, 0.6) is 0 Å². The van der Waals surface area contributed by atoms with Crippen LogP contribution in [0.4, 0.5) is 5.69 Å². The van der Waals surface area contributed by atoms with Gasteiger partial charge in [-0.1, -0.05) is 19.9 Å². The van der Waals surface area contributed by atoms with Gasteiger partial charge >= 0.3 is 0 Å². The van der Waals surface area contributed by atoms with Gasteiger partial charge < -0.3 is 5.32 Å². The minimum Gasteiger partial charge on any atom is -0.349 e. The molecular weight excluding hydrogens is 404 g/mol. The summed E-state index contributed by atoms with van der Waals surface area (Å²) < 4.78 is 27.1. The summed E-state index contributed by atoms with van der Waals surface area (Å²) in [4.78, 5) is 30.9. The molecule has 30 heavy (non-hydrogen) atoms. The van der Waals surface area contributed by atoms with Crippen LogP contribution in [0.1, 0.15) is 32.0 Å². The molecule has 2 aromatic rings. The molecule has 8 nitrogen and oxygen atoms in total. The van der Waals surface area contributed by atoms with Crippen LogP contribution in [-0.2, 0) is 32.6 Å². The zero-order chi connectivity index (χ0) is 21.9. The molecule has 1 N–H and O–H groups in total. The highest BCUT2D eigenvalue weighted by molar-refractivity contribution is 7.89. The molecule has 0 radical (unpaired) electrons. The van der Waals surface area contributed by atoms with Crippen LogP contribution >= 0.6 is 0 Å². The summed E-state index contributed by atoms with van der Waals surface area (Å²) in [5.41, 5.74) is 1.94. The topological polar surface area (TPSA) is 99.7 Å². The number of nitrogens with zero attached hydrogens (tertiary/aromatic N) is 3. The van der Waals surface area contributed by atoms with Gasteiger partial charge in [0, 0.05) is 38.3 Å². The summed E-state index contributed by atoms with van der Waals surface area (Å²) in [6.45, 7) is 5.96. The third-order valence-electron chi connectivity index (χ3n) is 5.19. The Bertz CT molecular complexity index is 1040. The quantitative estimate of drug-likeness (QED) is 0.721. The highest BCUT2D eigenvalue weighted by Crippen LogP contribution is 2.34. The van der Waals surface area contributed by atoms with Crippen LogP contribution in [0.15, 0.2) is 47.5 Å². The summed E-state index contributed by atoms with van der Waals surface area (Å²) in [6, 6.07) is 9.38. The zero-order valence-corrected chi connectivity index (χ0v) is 18.1. The molecule has 1 aliphatic heterocycles. The second-order valence-corrected chi connectivity index (χ2v) is 8.97. The van der Waals surface area contributed by atoms with Gasteiger partial charge in [0.05, 0.1) is 17.1 Å². The minimum absolute atomic E-state index is 0.169. The fraction of sp³-hybridized carbons (Fsp3) is 0.381. The van der Waals surface area contributed by atoms with Gasteiger partial charge in [-0.3, -0.25) is 19.5 Å². The molecule has 0 spiro atoms. The van der Waals surface area contributed by atoms with Gasteiger partial charge in [0.2, 0.25) is 21.8 Å². The Labute approximate surface area is 177 Å². The van der Waals surface area contributed by atoms with Crippen LogP contribution in [0.2, 0.25) is 0 Å². The summed E-state index contributed by atoms with van der Waals surface area (Å²) in [7, 11) is -3.62. The molecule has 0 fully saturated rings. The first-order valence-electron chi connectivity index (χ1n) is 9.90. The lowest BCUT2D eigenvalue weighted by atomic mass is 10.1. The van der Waals surface area contributed by atoms with E-state index in [1.165, 1.54) is 22.2 Å². The Hall–Kier alpha value is -2.78. The Kier molecular flexibility index (Phi) is 6.52. The van der Waals surface area contributed by atoms with Crippen molar-refractivity contribution in [3.63, 3.8) is 0 Å². The number of amides is 2. The van der Waals surface area contributed by atoms with Crippen molar-refractivity contribution in [1.82, 2.24) is 14.6 Å². The maximum Gasteiger partial charge on any atom is 0.243 e. The van der Waals surface area contributed by atoms with Gasteiger partial charge in [-0.15, -0.1) is 0 Å². The summed E-state index contributed by atoms with van der Waals surface area (Å²) in [5, 5.41) is 2.82. The molecule has 2 amide bonds. The second kappa shape index (κ2) is 8.93. The van der Waals surface area contributed by atoms with Crippen molar-refractivity contribution in [1.29, 1.82) is 0 Å². The lowest BCUT2D eigenvalue weighted by molar-refractivity contribution is -0.125. The molecule has 1 aromatic heterocycles. The van der Waals surface area contributed by atoms with Crippen LogP contribution in [-0.4, -0.2) is 48.7 Å². The molecular formula is C21H26N4O4S. The van der Waals surface area contributed by atoms with E-state index >= 15 is 0 Å². The fourth-order valence-electron chi connectivity index (χ4n) is 3.70. The lowest BCUT2D eigenvalue weighted by Crippen LogP contribution is -2.47. The van der Waals surface area contributed by atoms with Crippen molar-refractivity contribution in [2.24, 2.45) is 0 Å². The van der Waals surface area contributed by atoms with Gasteiger partial charge in [-0.05, 0) is 35.9 Å². The number of pyridine rings is 1. The van der Waals surface area contributed by atoms with Crippen LogP contribution in [0.25, 0.3) is 0 Å². The van der Waals surface area contributed by atoms with E-state index in [0.717, 1.165) is 0 Å². The number of fused-ring (bicyclic) bond motifs is 1. The minimum atomic E-state index is -3.62. The SMILES string of the molecule is CCN(CC)S(=O)(=O)c1ccc2c(c1)CC(C(=O)NCc1ccccn1)N2C(C)=O. The highest BCUT2D eigenvalue weighted by Gasteiger charge is 2.37. The number of aromatic nitrogens is 1. The number of hydrogen-bond acceptors (Lipinski definition) is 5. The molecule has 2 heterocycles. The van der Waals surface area contributed by atoms with E-state index in [1.807, 2.05) is 6.07 Å². The first-order valence-corrected chi connectivity index (χ1v) is 11.3. The number of carbonyl (C=O) groups excluding carboxylic acids is 2. The van der Waals surface area contributed by atoms with Gasteiger partial charge in [0.25, 0.3) is 0 Å². The maximum atomic E-state index is 12.8. The molecule has 1 aromatic carbocycles. The van der Waals surface area contributed by atoms with Crippen LogP contribution < -0.4 is 10.2 Å². The smallest absolute Gasteiger partial charge is 0.243 e. The Morgan fingerprint density at radius 2 is 1.93 bits per heavy atom. The van der Waals surface area contributed by atoms with E-state index in [1.54, 1.807) is 44.3 Å². The molecule has 1 unspecified atom stereocenters. The molecule has 0 saturated carbocycles. The van der Waals surface area contributed by atoms with E-state index in [-0.39, 0.29) is 29.7 Å². The summed E-state index contributed by atoms with van der Waals surface area (Å²) in [6.07, 6.45) is 1.90. The third-order valence-corrected chi connectivity index (χ3v) is 7.24. The van der Waals surface area contributed by atoms with Crippen molar-refractivity contribution in [2.75, 3.05) is 18.0 Å². The molecule has 160 valence electrons. The number of sulfonamides is 1. The lowest BCUT2D eigenvalue weighted by Gasteiger charge is -2.23. The Morgan fingerprint density at radius 3 is 2.53 bits per heavy atom. The number of carbonyl (C=O) groups is 2. The number of hydrogen-bond donors (Lipinski definition) is 1. The summed E-state index contributed by atoms with van der Waals surface area (Å²) >= 11 is 0. The van der Waals surface area contributed by atoms with Gasteiger partial charge in [-0.2, -0.15) is 4.31 Å². The van der Waals surface area contributed by atoms with E-state index in [4.69, 9.17) is 0 Å². The largest absolute Gasteiger partial charge is 0.349 e. The average molecular weight is 431 g/mol. The van der Waals surface area contributed by atoms with E-state index in [9.17, 15) is 18.0 Å². The molecule has 0 saturated heterocycles.